The Labute approximate surface area is 105 Å². The first-order valence-corrected chi connectivity index (χ1v) is 5.94. The van der Waals surface area contributed by atoms with Crippen molar-refractivity contribution in [2.75, 3.05) is 0 Å². The second-order valence-electron chi connectivity index (χ2n) is 4.92. The van der Waals surface area contributed by atoms with Gasteiger partial charge in [-0.3, -0.25) is 4.68 Å². The summed E-state index contributed by atoms with van der Waals surface area (Å²) in [5, 5.41) is 13.8. The molecule has 0 amide bonds. The van der Waals surface area contributed by atoms with Crippen LogP contribution in [0.3, 0.4) is 0 Å². The molecule has 0 radical (unpaired) electrons. The minimum Gasteiger partial charge on any atom is -0.479 e. The third-order valence-corrected chi connectivity index (χ3v) is 3.63. The molecule has 0 saturated carbocycles. The summed E-state index contributed by atoms with van der Waals surface area (Å²) in [6.07, 6.45) is 4.51. The molecule has 0 aliphatic heterocycles. The number of aryl methyl sites for hydroxylation is 1. The van der Waals surface area contributed by atoms with Crippen LogP contribution in [0.25, 0.3) is 0 Å². The van der Waals surface area contributed by atoms with Crippen molar-refractivity contribution in [3.63, 3.8) is 0 Å². The predicted octanol–water partition coefficient (Wildman–Crippen LogP) is 1.77. The summed E-state index contributed by atoms with van der Waals surface area (Å²) in [6, 6.07) is 7.89. The van der Waals surface area contributed by atoms with E-state index in [0.29, 0.717) is 12.8 Å². The lowest BCUT2D eigenvalue weighted by atomic mass is 9.96. The van der Waals surface area contributed by atoms with Crippen LogP contribution in [-0.4, -0.2) is 20.9 Å². The highest BCUT2D eigenvalue weighted by Crippen LogP contribution is 2.35. The molecule has 92 valence electrons. The summed E-state index contributed by atoms with van der Waals surface area (Å²) in [6.45, 7) is 1.92. The lowest BCUT2D eigenvalue weighted by molar-refractivity contribution is -0.147. The van der Waals surface area contributed by atoms with Gasteiger partial charge in [-0.15, -0.1) is 0 Å². The van der Waals surface area contributed by atoms with Crippen molar-refractivity contribution < 1.29 is 9.90 Å². The Bertz CT molecular complexity index is 591. The minimum atomic E-state index is -0.960. The third kappa shape index (κ3) is 1.45. The highest BCUT2D eigenvalue weighted by atomic mass is 16.4. The van der Waals surface area contributed by atoms with Crippen LogP contribution in [0.15, 0.2) is 36.7 Å². The summed E-state index contributed by atoms with van der Waals surface area (Å²) in [7, 11) is 0. The van der Waals surface area contributed by atoms with Gasteiger partial charge in [0, 0.05) is 19.0 Å². The number of carboxylic acids is 1. The van der Waals surface area contributed by atoms with Crippen molar-refractivity contribution in [1.29, 1.82) is 0 Å². The lowest BCUT2D eigenvalue weighted by Gasteiger charge is -2.24. The van der Waals surface area contributed by atoms with Crippen LogP contribution in [0.5, 0.6) is 0 Å². The first-order valence-electron chi connectivity index (χ1n) is 5.94. The number of nitrogens with zero attached hydrogens (tertiary/aromatic N) is 2. The first kappa shape index (κ1) is 11.0. The molecule has 0 fully saturated rings. The number of carbonyl (C=O) groups is 1. The average molecular weight is 242 g/mol. The zero-order valence-corrected chi connectivity index (χ0v) is 10.1. The molecule has 1 heterocycles. The number of carboxylic acid groups (broad SMARTS) is 1. The molecule has 0 spiro atoms. The summed E-state index contributed by atoms with van der Waals surface area (Å²) >= 11 is 0. The normalized spacial score (nSPS) is 16.5. The smallest absolute Gasteiger partial charge is 0.332 e. The summed E-state index contributed by atoms with van der Waals surface area (Å²) in [5.41, 5.74) is 2.23. The van der Waals surface area contributed by atoms with Gasteiger partial charge in [0.05, 0.1) is 6.20 Å². The summed E-state index contributed by atoms with van der Waals surface area (Å²) < 4.78 is 1.60. The predicted molar refractivity (Wildman–Crippen MR) is 66.4 cm³/mol. The molecule has 4 nitrogen and oxygen atoms in total. The Balaban J connectivity index is 2.10. The van der Waals surface area contributed by atoms with Crippen LogP contribution in [0.2, 0.25) is 0 Å². The molecule has 0 unspecified atom stereocenters. The van der Waals surface area contributed by atoms with Crippen LogP contribution in [0.1, 0.15) is 16.7 Å². The van der Waals surface area contributed by atoms with Crippen molar-refractivity contribution in [3.8, 4) is 0 Å². The molecule has 1 aliphatic rings. The van der Waals surface area contributed by atoms with Gasteiger partial charge in [0.25, 0.3) is 0 Å². The molecule has 1 aromatic heterocycles. The van der Waals surface area contributed by atoms with Crippen LogP contribution in [0, 0.1) is 6.92 Å². The van der Waals surface area contributed by atoms with Crippen molar-refractivity contribution in [2.45, 2.75) is 25.3 Å². The number of aliphatic carboxylic acids is 1. The quantitative estimate of drug-likeness (QED) is 0.873. The molecule has 3 rings (SSSR count). The van der Waals surface area contributed by atoms with E-state index in [9.17, 15) is 9.90 Å². The van der Waals surface area contributed by atoms with E-state index in [1.165, 1.54) is 0 Å². The first-order chi connectivity index (χ1) is 8.62. The van der Waals surface area contributed by atoms with Crippen molar-refractivity contribution in [2.24, 2.45) is 0 Å². The van der Waals surface area contributed by atoms with Gasteiger partial charge in [-0.1, -0.05) is 24.3 Å². The van der Waals surface area contributed by atoms with Gasteiger partial charge in [0.15, 0.2) is 5.54 Å². The van der Waals surface area contributed by atoms with E-state index in [-0.39, 0.29) is 0 Å². The van der Waals surface area contributed by atoms with E-state index in [4.69, 9.17) is 0 Å². The fourth-order valence-corrected chi connectivity index (χ4v) is 2.65. The van der Waals surface area contributed by atoms with Gasteiger partial charge in [-0.25, -0.2) is 4.79 Å². The second-order valence-corrected chi connectivity index (χ2v) is 4.92. The van der Waals surface area contributed by atoms with E-state index >= 15 is 0 Å². The molecule has 0 atom stereocenters. The molecular weight excluding hydrogens is 228 g/mol. The average Bonchev–Trinajstić information content (AvgIpc) is 2.92. The van der Waals surface area contributed by atoms with Gasteiger partial charge in [-0.2, -0.15) is 5.10 Å². The molecule has 0 bridgehead atoms. The maximum atomic E-state index is 11.7. The van der Waals surface area contributed by atoms with Gasteiger partial charge in [0.1, 0.15) is 0 Å². The van der Waals surface area contributed by atoms with Gasteiger partial charge in [0.2, 0.25) is 0 Å². The van der Waals surface area contributed by atoms with E-state index in [2.05, 4.69) is 5.10 Å². The van der Waals surface area contributed by atoms with Crippen LogP contribution < -0.4 is 0 Å². The van der Waals surface area contributed by atoms with Crippen LogP contribution >= 0.6 is 0 Å². The molecule has 0 saturated heterocycles. The number of aromatic nitrogens is 2. The van der Waals surface area contributed by atoms with Gasteiger partial charge < -0.3 is 5.11 Å². The Hall–Kier alpha value is -2.10. The summed E-state index contributed by atoms with van der Waals surface area (Å²) in [4.78, 5) is 11.7. The van der Waals surface area contributed by atoms with Crippen LogP contribution in [0.4, 0.5) is 0 Å². The van der Waals surface area contributed by atoms with E-state index in [0.717, 1.165) is 16.7 Å². The SMILES string of the molecule is Cc1cnn(C2(C(=O)O)Cc3ccccc3C2)c1. The van der Waals surface area contributed by atoms with Crippen molar-refractivity contribution in [3.05, 3.63) is 53.3 Å². The van der Waals surface area contributed by atoms with E-state index < -0.39 is 11.5 Å². The van der Waals surface area contributed by atoms with E-state index in [1.54, 1.807) is 17.1 Å². The summed E-state index contributed by atoms with van der Waals surface area (Å²) in [5.74, 6) is -0.818. The Kier molecular flexibility index (Phi) is 2.26. The topological polar surface area (TPSA) is 55.1 Å². The molecule has 4 heteroatoms. The lowest BCUT2D eigenvalue weighted by Crippen LogP contribution is -2.43. The zero-order chi connectivity index (χ0) is 12.8. The van der Waals surface area contributed by atoms with Gasteiger partial charge >= 0.3 is 5.97 Å². The highest BCUT2D eigenvalue weighted by molar-refractivity contribution is 5.79. The van der Waals surface area contributed by atoms with Gasteiger partial charge in [-0.05, 0) is 23.6 Å². The Morgan fingerprint density at radius 2 is 1.94 bits per heavy atom. The third-order valence-electron chi connectivity index (χ3n) is 3.63. The standard InChI is InChI=1S/C14H14N2O2/c1-10-8-15-16(9-10)14(13(17)18)6-11-4-2-3-5-12(11)7-14/h2-5,8-9H,6-7H2,1H3,(H,17,18). The molecule has 2 aromatic rings. The zero-order valence-electron chi connectivity index (χ0n) is 10.1. The molecule has 1 N–H and O–H groups in total. The van der Waals surface area contributed by atoms with E-state index in [1.807, 2.05) is 31.2 Å². The minimum absolute atomic E-state index is 0.500. The fourth-order valence-electron chi connectivity index (χ4n) is 2.65. The largest absolute Gasteiger partial charge is 0.479 e. The monoisotopic (exact) mass is 242 g/mol. The number of fused-ring (bicyclic) bond motifs is 1. The molecule has 1 aliphatic carbocycles. The second kappa shape index (κ2) is 3.70. The van der Waals surface area contributed by atoms with Crippen LogP contribution in [-0.2, 0) is 23.2 Å². The maximum absolute atomic E-state index is 11.7. The number of rotatable bonds is 2. The van der Waals surface area contributed by atoms with Crippen molar-refractivity contribution >= 4 is 5.97 Å². The number of hydrogen-bond donors (Lipinski definition) is 1. The Morgan fingerprint density at radius 3 is 2.39 bits per heavy atom. The Morgan fingerprint density at radius 1 is 1.33 bits per heavy atom. The molecule has 1 aromatic carbocycles. The maximum Gasteiger partial charge on any atom is 0.332 e. The highest BCUT2D eigenvalue weighted by Gasteiger charge is 2.46. The fraction of sp³-hybridized carbons (Fsp3) is 0.286. The van der Waals surface area contributed by atoms with Crippen molar-refractivity contribution in [1.82, 2.24) is 9.78 Å². The molecule has 18 heavy (non-hydrogen) atoms. The molecular formula is C14H14N2O2. The number of benzene rings is 1. The number of hydrogen-bond acceptors (Lipinski definition) is 2.